The Bertz CT molecular complexity index is 616. The van der Waals surface area contributed by atoms with Gasteiger partial charge in [0.15, 0.2) is 0 Å². The van der Waals surface area contributed by atoms with Crippen molar-refractivity contribution in [2.75, 3.05) is 5.32 Å². The highest BCUT2D eigenvalue weighted by Crippen LogP contribution is 2.31. The minimum absolute atomic E-state index is 0.0806. The van der Waals surface area contributed by atoms with Crippen LogP contribution in [0, 0.1) is 0 Å². The Morgan fingerprint density at radius 1 is 0.762 bits per heavy atom. The third kappa shape index (κ3) is 3.87. The summed E-state index contributed by atoms with van der Waals surface area (Å²) in [7, 11) is 0. The van der Waals surface area contributed by atoms with Crippen LogP contribution in [0.25, 0.3) is 0 Å². The number of anilines is 2. The molecule has 0 aliphatic heterocycles. The zero-order valence-corrected chi connectivity index (χ0v) is 10.3. The highest BCUT2D eigenvalue weighted by atomic mass is 19.4. The van der Waals surface area contributed by atoms with Crippen molar-refractivity contribution in [1.29, 1.82) is 0 Å². The van der Waals surface area contributed by atoms with E-state index in [1.54, 1.807) is 0 Å². The van der Waals surface area contributed by atoms with Crippen LogP contribution in [-0.2, 0) is 12.4 Å². The number of alkyl halides is 6. The topological polar surface area (TPSA) is 24.9 Å². The number of benzene rings is 1. The molecule has 8 heteroatoms. The van der Waals surface area contributed by atoms with Crippen molar-refractivity contribution in [2.45, 2.75) is 12.4 Å². The quantitative estimate of drug-likeness (QED) is 0.801. The molecule has 21 heavy (non-hydrogen) atoms. The summed E-state index contributed by atoms with van der Waals surface area (Å²) in [5.74, 6) is 0. The van der Waals surface area contributed by atoms with E-state index in [-0.39, 0.29) is 11.4 Å². The largest absolute Gasteiger partial charge is 0.433 e. The average molecular weight is 306 g/mol. The molecule has 2 nitrogen and oxygen atoms in total. The fraction of sp³-hybridized carbons (Fsp3) is 0.154. The van der Waals surface area contributed by atoms with E-state index in [1.165, 1.54) is 6.07 Å². The minimum atomic E-state index is -4.59. The number of rotatable bonds is 2. The van der Waals surface area contributed by atoms with Crippen LogP contribution in [0.3, 0.4) is 0 Å². The highest BCUT2D eigenvalue weighted by molar-refractivity contribution is 5.60. The van der Waals surface area contributed by atoms with Gasteiger partial charge in [0, 0.05) is 17.6 Å². The molecule has 0 saturated heterocycles. The summed E-state index contributed by atoms with van der Waals surface area (Å²) in [5.41, 5.74) is -1.60. The van der Waals surface area contributed by atoms with Crippen molar-refractivity contribution in [1.82, 2.24) is 4.98 Å². The summed E-state index contributed by atoms with van der Waals surface area (Å²) in [6.07, 6.45) is -8.08. The molecule has 0 bridgehead atoms. The fourth-order valence-corrected chi connectivity index (χ4v) is 1.57. The van der Waals surface area contributed by atoms with E-state index < -0.39 is 23.6 Å². The van der Waals surface area contributed by atoms with E-state index in [4.69, 9.17) is 0 Å². The summed E-state index contributed by atoms with van der Waals surface area (Å²) in [5, 5.41) is 2.59. The summed E-state index contributed by atoms with van der Waals surface area (Å²) >= 11 is 0. The van der Waals surface area contributed by atoms with Gasteiger partial charge in [-0.25, -0.2) is 0 Å². The highest BCUT2D eigenvalue weighted by Gasteiger charge is 2.32. The van der Waals surface area contributed by atoms with Crippen LogP contribution in [0.2, 0.25) is 0 Å². The van der Waals surface area contributed by atoms with E-state index in [2.05, 4.69) is 10.3 Å². The van der Waals surface area contributed by atoms with Gasteiger partial charge in [0.2, 0.25) is 0 Å². The molecule has 1 aromatic carbocycles. The summed E-state index contributed by atoms with van der Waals surface area (Å²) in [6, 6.07) is 6.01. The maximum absolute atomic E-state index is 12.5. The first-order valence-electron chi connectivity index (χ1n) is 5.64. The monoisotopic (exact) mass is 306 g/mol. The second-order valence-corrected chi connectivity index (χ2v) is 4.13. The van der Waals surface area contributed by atoms with Crippen molar-refractivity contribution in [3.63, 3.8) is 0 Å². The van der Waals surface area contributed by atoms with Gasteiger partial charge >= 0.3 is 12.4 Å². The van der Waals surface area contributed by atoms with Gasteiger partial charge in [-0.3, -0.25) is 4.98 Å². The number of hydrogen-bond donors (Lipinski definition) is 1. The van der Waals surface area contributed by atoms with Gasteiger partial charge in [0.05, 0.1) is 5.56 Å². The van der Waals surface area contributed by atoms with Gasteiger partial charge in [0.25, 0.3) is 0 Å². The Kier molecular flexibility index (Phi) is 3.80. The fourth-order valence-electron chi connectivity index (χ4n) is 1.57. The standard InChI is InChI=1S/C13H8F6N2/c14-12(15,16)8-1-3-9(4-2-8)21-10-5-6-20-11(7-10)13(17,18)19/h1-7H,(H,20,21). The molecule has 1 N–H and O–H groups in total. The molecule has 1 aromatic heterocycles. The molecular weight excluding hydrogens is 298 g/mol. The van der Waals surface area contributed by atoms with Crippen molar-refractivity contribution < 1.29 is 26.3 Å². The molecule has 0 unspecified atom stereocenters. The molecule has 1 heterocycles. The third-order valence-corrected chi connectivity index (χ3v) is 2.55. The first-order chi connectivity index (χ1) is 9.66. The van der Waals surface area contributed by atoms with E-state index in [1.807, 2.05) is 0 Å². The van der Waals surface area contributed by atoms with Gasteiger partial charge in [-0.15, -0.1) is 0 Å². The lowest BCUT2D eigenvalue weighted by atomic mass is 10.2. The number of nitrogens with zero attached hydrogens (tertiary/aromatic N) is 1. The first-order valence-corrected chi connectivity index (χ1v) is 5.64. The number of aromatic nitrogens is 1. The van der Waals surface area contributed by atoms with Gasteiger partial charge in [-0.2, -0.15) is 26.3 Å². The smallest absolute Gasteiger partial charge is 0.355 e. The van der Waals surface area contributed by atoms with Gasteiger partial charge in [-0.1, -0.05) is 0 Å². The maximum atomic E-state index is 12.5. The molecule has 0 amide bonds. The second kappa shape index (κ2) is 5.27. The molecule has 0 fully saturated rings. The van der Waals surface area contributed by atoms with Crippen LogP contribution >= 0.6 is 0 Å². The molecule has 0 spiro atoms. The SMILES string of the molecule is FC(F)(F)c1ccc(Nc2ccnc(C(F)(F)F)c2)cc1. The minimum Gasteiger partial charge on any atom is -0.355 e. The average Bonchev–Trinajstić information content (AvgIpc) is 2.37. The summed E-state index contributed by atoms with van der Waals surface area (Å²) < 4.78 is 74.6. The molecule has 2 rings (SSSR count). The predicted octanol–water partition coefficient (Wildman–Crippen LogP) is 4.86. The third-order valence-electron chi connectivity index (χ3n) is 2.55. The van der Waals surface area contributed by atoms with E-state index in [9.17, 15) is 26.3 Å². The van der Waals surface area contributed by atoms with Gasteiger partial charge in [-0.05, 0) is 36.4 Å². The van der Waals surface area contributed by atoms with Crippen LogP contribution in [0.15, 0.2) is 42.6 Å². The molecule has 0 saturated carbocycles. The lowest BCUT2D eigenvalue weighted by Gasteiger charge is -2.11. The van der Waals surface area contributed by atoms with Crippen molar-refractivity contribution >= 4 is 11.4 Å². The zero-order valence-electron chi connectivity index (χ0n) is 10.3. The van der Waals surface area contributed by atoms with E-state index in [0.29, 0.717) is 0 Å². The van der Waals surface area contributed by atoms with Crippen LogP contribution in [0.1, 0.15) is 11.3 Å². The van der Waals surface area contributed by atoms with Crippen LogP contribution in [0.5, 0.6) is 0 Å². The first kappa shape index (κ1) is 15.1. The van der Waals surface area contributed by atoms with Crippen molar-refractivity contribution in [2.24, 2.45) is 0 Å². The van der Waals surface area contributed by atoms with Gasteiger partial charge in [0.1, 0.15) is 5.69 Å². The Labute approximate surface area is 115 Å². The number of nitrogens with one attached hydrogen (secondary N) is 1. The lowest BCUT2D eigenvalue weighted by molar-refractivity contribution is -0.141. The summed E-state index contributed by atoms with van der Waals surface area (Å²) in [6.45, 7) is 0. The predicted molar refractivity (Wildman–Crippen MR) is 64.0 cm³/mol. The molecule has 0 atom stereocenters. The maximum Gasteiger partial charge on any atom is 0.433 e. The normalized spacial score (nSPS) is 12.3. The van der Waals surface area contributed by atoms with Crippen molar-refractivity contribution in [3.05, 3.63) is 53.9 Å². The Morgan fingerprint density at radius 2 is 1.38 bits per heavy atom. The Balaban J connectivity index is 2.19. The Morgan fingerprint density at radius 3 is 1.90 bits per heavy atom. The van der Waals surface area contributed by atoms with Crippen LogP contribution in [-0.4, -0.2) is 4.98 Å². The molecular formula is C13H8F6N2. The number of pyridine rings is 1. The van der Waals surface area contributed by atoms with Crippen LogP contribution in [0.4, 0.5) is 37.7 Å². The van der Waals surface area contributed by atoms with Gasteiger partial charge < -0.3 is 5.32 Å². The molecule has 0 aliphatic rings. The second-order valence-electron chi connectivity index (χ2n) is 4.13. The number of hydrogen-bond acceptors (Lipinski definition) is 2. The van der Waals surface area contributed by atoms with Crippen molar-refractivity contribution in [3.8, 4) is 0 Å². The molecule has 2 aromatic rings. The molecule has 112 valence electrons. The Hall–Kier alpha value is -2.25. The van der Waals surface area contributed by atoms with Crippen LogP contribution < -0.4 is 5.32 Å². The lowest BCUT2D eigenvalue weighted by Crippen LogP contribution is -2.08. The molecule has 0 radical (unpaired) electrons. The summed E-state index contributed by atoms with van der Waals surface area (Å²) in [4.78, 5) is 3.18. The zero-order chi connectivity index (χ0) is 15.7. The van der Waals surface area contributed by atoms with E-state index >= 15 is 0 Å². The molecule has 0 aliphatic carbocycles. The number of halogens is 6. The van der Waals surface area contributed by atoms with E-state index in [0.717, 1.165) is 36.5 Å².